The summed E-state index contributed by atoms with van der Waals surface area (Å²) in [6.07, 6.45) is 0.817. The molecule has 0 rings (SSSR count). The Bertz CT molecular complexity index is 193. The molecular weight excluding hydrogens is 148 g/mol. The lowest BCUT2D eigenvalue weighted by Gasteiger charge is -1.98. The van der Waals surface area contributed by atoms with Gasteiger partial charge in [0.25, 0.3) is 0 Å². The Hall–Kier alpha value is -1.32. The van der Waals surface area contributed by atoms with Crippen LogP contribution in [0.2, 0.25) is 0 Å². The summed E-state index contributed by atoms with van der Waals surface area (Å²) in [5.74, 6) is -1.73. The van der Waals surface area contributed by atoms with Crippen molar-refractivity contribution in [3.05, 3.63) is 11.6 Å². The van der Waals surface area contributed by atoms with E-state index in [0.717, 1.165) is 6.08 Å². The summed E-state index contributed by atoms with van der Waals surface area (Å²) in [5.41, 5.74) is 0.0966. The summed E-state index contributed by atoms with van der Waals surface area (Å²) in [6.45, 7) is 3.31. The fraction of sp³-hybridized carbons (Fsp3) is 0.429. The molecule has 62 valence electrons. The van der Waals surface area contributed by atoms with Crippen molar-refractivity contribution < 1.29 is 19.4 Å². The number of hydrogen-bond donors (Lipinski definition) is 1. The van der Waals surface area contributed by atoms with Gasteiger partial charge in [-0.3, -0.25) is 0 Å². The van der Waals surface area contributed by atoms with Crippen LogP contribution >= 0.6 is 0 Å². The standard InChI is InChI=1S/C7H10O4/c1-3-11-7(10)5(2)4-6(8)9/h4H,3H2,1-2H3,(H,8,9)/b5-4-. The maximum Gasteiger partial charge on any atom is 0.333 e. The second-order valence-electron chi connectivity index (χ2n) is 1.89. The summed E-state index contributed by atoms with van der Waals surface area (Å²) in [4.78, 5) is 20.8. The van der Waals surface area contributed by atoms with Crippen LogP contribution in [-0.2, 0) is 14.3 Å². The Kier molecular flexibility index (Phi) is 3.95. The minimum atomic E-state index is -1.14. The molecule has 0 aromatic carbocycles. The van der Waals surface area contributed by atoms with Gasteiger partial charge in [-0.2, -0.15) is 0 Å². The number of carbonyl (C=O) groups excluding carboxylic acids is 1. The molecule has 0 aliphatic rings. The Morgan fingerprint density at radius 3 is 2.45 bits per heavy atom. The van der Waals surface area contributed by atoms with Gasteiger partial charge < -0.3 is 9.84 Å². The van der Waals surface area contributed by atoms with Crippen molar-refractivity contribution in [3.8, 4) is 0 Å². The summed E-state index contributed by atoms with van der Waals surface area (Å²) in [6, 6.07) is 0. The molecular formula is C7H10O4. The van der Waals surface area contributed by atoms with Crippen LogP contribution in [0.1, 0.15) is 13.8 Å². The van der Waals surface area contributed by atoms with Crippen LogP contribution in [0.4, 0.5) is 0 Å². The maximum atomic E-state index is 10.7. The average molecular weight is 158 g/mol. The summed E-state index contributed by atoms with van der Waals surface area (Å²) in [5, 5.41) is 8.22. The van der Waals surface area contributed by atoms with Gasteiger partial charge in [-0.15, -0.1) is 0 Å². The Balaban J connectivity index is 4.12. The van der Waals surface area contributed by atoms with Gasteiger partial charge in [-0.1, -0.05) is 0 Å². The molecule has 0 aliphatic carbocycles. The SMILES string of the molecule is CCOC(=O)/C(C)=C\C(=O)O. The summed E-state index contributed by atoms with van der Waals surface area (Å²) >= 11 is 0. The van der Waals surface area contributed by atoms with Gasteiger partial charge in [-0.25, -0.2) is 9.59 Å². The maximum absolute atomic E-state index is 10.7. The number of esters is 1. The second-order valence-corrected chi connectivity index (χ2v) is 1.89. The predicted octanol–water partition coefficient (Wildman–Crippen LogP) is 0.580. The van der Waals surface area contributed by atoms with Gasteiger partial charge in [-0.05, 0) is 13.8 Å². The molecule has 11 heavy (non-hydrogen) atoms. The number of ether oxygens (including phenoxy) is 1. The van der Waals surface area contributed by atoms with E-state index in [-0.39, 0.29) is 12.2 Å². The second kappa shape index (κ2) is 4.49. The molecule has 1 N–H and O–H groups in total. The van der Waals surface area contributed by atoms with E-state index in [0.29, 0.717) is 0 Å². The fourth-order valence-electron chi connectivity index (χ4n) is 0.489. The zero-order valence-electron chi connectivity index (χ0n) is 6.46. The topological polar surface area (TPSA) is 63.6 Å². The Morgan fingerprint density at radius 1 is 1.55 bits per heavy atom. The van der Waals surface area contributed by atoms with Crippen LogP contribution in [0.15, 0.2) is 11.6 Å². The van der Waals surface area contributed by atoms with Crippen molar-refractivity contribution in [2.45, 2.75) is 13.8 Å². The van der Waals surface area contributed by atoms with Crippen molar-refractivity contribution in [2.24, 2.45) is 0 Å². The highest BCUT2D eigenvalue weighted by molar-refractivity contribution is 5.95. The number of carboxylic acids is 1. The van der Waals surface area contributed by atoms with Crippen molar-refractivity contribution in [1.29, 1.82) is 0 Å². The summed E-state index contributed by atoms with van der Waals surface area (Å²) < 4.78 is 4.53. The first-order chi connectivity index (χ1) is 5.07. The lowest BCUT2D eigenvalue weighted by atomic mass is 10.3. The van der Waals surface area contributed by atoms with E-state index >= 15 is 0 Å². The molecule has 0 amide bonds. The molecule has 0 saturated heterocycles. The minimum Gasteiger partial charge on any atom is -0.478 e. The first kappa shape index (κ1) is 9.68. The van der Waals surface area contributed by atoms with Gasteiger partial charge in [0, 0.05) is 11.6 Å². The molecule has 0 saturated carbocycles. The molecule has 0 heterocycles. The number of carbonyl (C=O) groups is 2. The van der Waals surface area contributed by atoms with Crippen LogP contribution in [0.25, 0.3) is 0 Å². The van der Waals surface area contributed by atoms with E-state index < -0.39 is 11.9 Å². The molecule has 0 radical (unpaired) electrons. The van der Waals surface area contributed by atoms with Crippen molar-refractivity contribution in [2.75, 3.05) is 6.61 Å². The molecule has 0 atom stereocenters. The first-order valence-corrected chi connectivity index (χ1v) is 3.16. The van der Waals surface area contributed by atoms with Crippen molar-refractivity contribution in [3.63, 3.8) is 0 Å². The molecule has 0 fully saturated rings. The smallest absolute Gasteiger partial charge is 0.333 e. The normalized spacial score (nSPS) is 10.9. The quantitative estimate of drug-likeness (QED) is 0.482. The highest BCUT2D eigenvalue weighted by Gasteiger charge is 2.05. The van der Waals surface area contributed by atoms with E-state index in [1.807, 2.05) is 0 Å². The van der Waals surface area contributed by atoms with Crippen LogP contribution in [0.5, 0.6) is 0 Å². The average Bonchev–Trinajstić information content (AvgIpc) is 1.86. The monoisotopic (exact) mass is 158 g/mol. The lowest BCUT2D eigenvalue weighted by Crippen LogP contribution is -2.06. The molecule has 4 nitrogen and oxygen atoms in total. The van der Waals surface area contributed by atoms with Crippen LogP contribution in [0, 0.1) is 0 Å². The van der Waals surface area contributed by atoms with Gasteiger partial charge >= 0.3 is 11.9 Å². The molecule has 0 aromatic rings. The first-order valence-electron chi connectivity index (χ1n) is 3.16. The van der Waals surface area contributed by atoms with E-state index in [1.54, 1.807) is 6.92 Å². The zero-order chi connectivity index (χ0) is 8.85. The van der Waals surface area contributed by atoms with Gasteiger partial charge in [0.05, 0.1) is 6.61 Å². The third-order valence-corrected chi connectivity index (χ3v) is 0.937. The van der Waals surface area contributed by atoms with E-state index in [1.165, 1.54) is 6.92 Å². The van der Waals surface area contributed by atoms with Gasteiger partial charge in [0.15, 0.2) is 0 Å². The number of rotatable bonds is 3. The molecule has 0 spiro atoms. The zero-order valence-corrected chi connectivity index (χ0v) is 6.46. The number of hydrogen-bond acceptors (Lipinski definition) is 3. The Labute approximate surface area is 64.5 Å². The molecule has 0 bridgehead atoms. The molecule has 0 aliphatic heterocycles. The van der Waals surface area contributed by atoms with E-state index in [9.17, 15) is 9.59 Å². The highest BCUT2D eigenvalue weighted by atomic mass is 16.5. The molecule has 4 heteroatoms. The Morgan fingerprint density at radius 2 is 2.09 bits per heavy atom. The summed E-state index contributed by atoms with van der Waals surface area (Å²) in [7, 11) is 0. The molecule has 0 aromatic heterocycles. The molecule has 0 unspecified atom stereocenters. The lowest BCUT2D eigenvalue weighted by molar-refractivity contribution is -0.139. The van der Waals surface area contributed by atoms with Crippen molar-refractivity contribution >= 4 is 11.9 Å². The number of aliphatic carboxylic acids is 1. The number of carboxylic acid groups (broad SMARTS) is 1. The van der Waals surface area contributed by atoms with E-state index in [4.69, 9.17) is 5.11 Å². The van der Waals surface area contributed by atoms with Crippen LogP contribution in [-0.4, -0.2) is 23.7 Å². The fourth-order valence-corrected chi connectivity index (χ4v) is 0.489. The highest BCUT2D eigenvalue weighted by Crippen LogP contribution is 1.95. The van der Waals surface area contributed by atoms with Crippen molar-refractivity contribution in [1.82, 2.24) is 0 Å². The predicted molar refractivity (Wildman–Crippen MR) is 38.0 cm³/mol. The van der Waals surface area contributed by atoms with E-state index in [2.05, 4.69) is 4.74 Å². The van der Waals surface area contributed by atoms with Gasteiger partial charge in [0.1, 0.15) is 0 Å². The third-order valence-electron chi connectivity index (χ3n) is 0.937. The van der Waals surface area contributed by atoms with Crippen LogP contribution in [0.3, 0.4) is 0 Å². The minimum absolute atomic E-state index is 0.0966. The largest absolute Gasteiger partial charge is 0.478 e. The third kappa shape index (κ3) is 4.13. The van der Waals surface area contributed by atoms with Gasteiger partial charge in [0.2, 0.25) is 0 Å². The van der Waals surface area contributed by atoms with Crippen LogP contribution < -0.4 is 0 Å².